The molecule has 5 rings (SSSR count). The van der Waals surface area contributed by atoms with Crippen LogP contribution in [0.15, 0.2) is 110 Å². The van der Waals surface area contributed by atoms with E-state index < -0.39 is 0 Å². The number of aryl methyl sites for hydroxylation is 1. The van der Waals surface area contributed by atoms with Gasteiger partial charge in [-0.2, -0.15) is 0 Å². The lowest BCUT2D eigenvalue weighted by Gasteiger charge is -2.14. The van der Waals surface area contributed by atoms with E-state index in [0.717, 1.165) is 28.1 Å². The Hall–Kier alpha value is -5.04. The molecule has 0 aliphatic rings. The molecule has 0 spiro atoms. The second-order valence-electron chi connectivity index (χ2n) is 8.41. The zero-order valence-electron chi connectivity index (χ0n) is 20.3. The maximum absolute atomic E-state index is 13.1. The summed E-state index contributed by atoms with van der Waals surface area (Å²) in [5.41, 5.74) is 5.60. The monoisotopic (exact) mass is 487 g/mol. The van der Waals surface area contributed by atoms with Crippen molar-refractivity contribution in [1.82, 2.24) is 15.0 Å². The van der Waals surface area contributed by atoms with Crippen LogP contribution in [0.5, 0.6) is 5.75 Å². The maximum Gasteiger partial charge on any atom is 0.255 e. The minimum absolute atomic E-state index is 0.222. The molecule has 5 aromatic rings. The van der Waals surface area contributed by atoms with Crippen LogP contribution in [0.4, 0.5) is 17.2 Å². The number of amides is 1. The number of rotatable bonds is 8. The van der Waals surface area contributed by atoms with Gasteiger partial charge in [0.1, 0.15) is 24.5 Å². The van der Waals surface area contributed by atoms with E-state index in [9.17, 15) is 4.79 Å². The molecule has 0 aliphatic heterocycles. The molecule has 37 heavy (non-hydrogen) atoms. The van der Waals surface area contributed by atoms with E-state index in [1.165, 1.54) is 6.33 Å². The minimum atomic E-state index is -0.222. The van der Waals surface area contributed by atoms with E-state index >= 15 is 0 Å². The molecule has 1 amide bonds. The molecule has 2 aromatic heterocycles. The molecule has 0 aliphatic carbocycles. The van der Waals surface area contributed by atoms with E-state index in [1.54, 1.807) is 18.5 Å². The Balaban J connectivity index is 1.31. The zero-order valence-corrected chi connectivity index (χ0v) is 20.3. The summed E-state index contributed by atoms with van der Waals surface area (Å²) < 4.78 is 5.89. The molecular weight excluding hydrogens is 462 g/mol. The lowest BCUT2D eigenvalue weighted by atomic mass is 10.1. The van der Waals surface area contributed by atoms with E-state index in [0.29, 0.717) is 29.4 Å². The summed E-state index contributed by atoms with van der Waals surface area (Å²) >= 11 is 0. The second kappa shape index (κ2) is 11.1. The van der Waals surface area contributed by atoms with Crippen LogP contribution in [0, 0.1) is 6.92 Å². The molecule has 0 unspecified atom stereocenters. The summed E-state index contributed by atoms with van der Waals surface area (Å²) in [6.07, 6.45) is 4.91. The van der Waals surface area contributed by atoms with Gasteiger partial charge in [0, 0.05) is 41.0 Å². The van der Waals surface area contributed by atoms with Crippen LogP contribution in [0.2, 0.25) is 0 Å². The minimum Gasteiger partial charge on any atom is -0.489 e. The molecule has 0 fully saturated rings. The number of benzene rings is 3. The van der Waals surface area contributed by atoms with Gasteiger partial charge in [-0.15, -0.1) is 0 Å². The summed E-state index contributed by atoms with van der Waals surface area (Å²) in [6.45, 7) is 2.43. The Morgan fingerprint density at radius 1 is 0.865 bits per heavy atom. The van der Waals surface area contributed by atoms with Gasteiger partial charge >= 0.3 is 0 Å². The Bertz CT molecular complexity index is 1510. The fourth-order valence-electron chi connectivity index (χ4n) is 3.79. The third-order valence-corrected chi connectivity index (χ3v) is 5.76. The Morgan fingerprint density at radius 3 is 2.59 bits per heavy atom. The SMILES string of the molecule is Cc1ccc(C(=O)Nc2cccc(OCc3ccccc3)c2)cc1Nc1ncccc1-c1ccncn1. The van der Waals surface area contributed by atoms with Crippen molar-refractivity contribution in [2.24, 2.45) is 0 Å². The molecule has 7 heteroatoms. The van der Waals surface area contributed by atoms with Gasteiger partial charge in [-0.25, -0.2) is 15.0 Å². The molecular formula is C30H25N5O2. The number of nitrogens with zero attached hydrogens (tertiary/aromatic N) is 3. The van der Waals surface area contributed by atoms with Crippen molar-refractivity contribution in [2.45, 2.75) is 13.5 Å². The molecule has 2 N–H and O–H groups in total. The summed E-state index contributed by atoms with van der Waals surface area (Å²) in [7, 11) is 0. The quantitative estimate of drug-likeness (QED) is 0.262. The highest BCUT2D eigenvalue weighted by Gasteiger charge is 2.12. The Labute approximate surface area is 215 Å². The average Bonchev–Trinajstić information content (AvgIpc) is 2.94. The number of carbonyl (C=O) groups is 1. The van der Waals surface area contributed by atoms with Crippen molar-refractivity contribution in [3.05, 3.63) is 126 Å². The molecule has 0 bridgehead atoms. The first kappa shape index (κ1) is 23.7. The first-order valence-corrected chi connectivity index (χ1v) is 11.8. The van der Waals surface area contributed by atoms with Crippen molar-refractivity contribution < 1.29 is 9.53 Å². The third-order valence-electron chi connectivity index (χ3n) is 5.76. The molecule has 0 radical (unpaired) electrons. The van der Waals surface area contributed by atoms with E-state index in [1.807, 2.05) is 91.9 Å². The first-order valence-electron chi connectivity index (χ1n) is 11.8. The van der Waals surface area contributed by atoms with Crippen molar-refractivity contribution in [3.8, 4) is 17.0 Å². The van der Waals surface area contributed by atoms with Crippen LogP contribution in [-0.4, -0.2) is 20.9 Å². The Morgan fingerprint density at radius 2 is 1.76 bits per heavy atom. The molecule has 3 aromatic carbocycles. The van der Waals surface area contributed by atoms with Gasteiger partial charge in [0.25, 0.3) is 5.91 Å². The summed E-state index contributed by atoms with van der Waals surface area (Å²) in [6, 6.07) is 28.5. The van der Waals surface area contributed by atoms with Crippen molar-refractivity contribution in [3.63, 3.8) is 0 Å². The fourth-order valence-corrected chi connectivity index (χ4v) is 3.79. The topological polar surface area (TPSA) is 89.0 Å². The predicted octanol–water partition coefficient (Wildman–Crippen LogP) is 6.42. The zero-order chi connectivity index (χ0) is 25.5. The molecule has 7 nitrogen and oxygen atoms in total. The van der Waals surface area contributed by atoms with Crippen LogP contribution < -0.4 is 15.4 Å². The normalized spacial score (nSPS) is 10.5. The van der Waals surface area contributed by atoms with Crippen molar-refractivity contribution in [1.29, 1.82) is 0 Å². The number of hydrogen-bond acceptors (Lipinski definition) is 6. The summed E-state index contributed by atoms with van der Waals surface area (Å²) in [4.78, 5) is 25.9. The lowest BCUT2D eigenvalue weighted by molar-refractivity contribution is 0.102. The average molecular weight is 488 g/mol. The lowest BCUT2D eigenvalue weighted by Crippen LogP contribution is -2.12. The third kappa shape index (κ3) is 5.97. The van der Waals surface area contributed by atoms with E-state index in [2.05, 4.69) is 25.6 Å². The van der Waals surface area contributed by atoms with Crippen LogP contribution >= 0.6 is 0 Å². The van der Waals surface area contributed by atoms with Gasteiger partial charge in [-0.3, -0.25) is 4.79 Å². The van der Waals surface area contributed by atoms with E-state index in [-0.39, 0.29) is 5.91 Å². The van der Waals surface area contributed by atoms with Gasteiger partial charge in [0.15, 0.2) is 0 Å². The fraction of sp³-hybridized carbons (Fsp3) is 0.0667. The number of ether oxygens (including phenoxy) is 1. The molecule has 0 saturated carbocycles. The van der Waals surface area contributed by atoms with E-state index in [4.69, 9.17) is 4.74 Å². The van der Waals surface area contributed by atoms with Gasteiger partial charge in [0.05, 0.1) is 5.69 Å². The maximum atomic E-state index is 13.1. The molecule has 0 atom stereocenters. The number of carbonyl (C=O) groups excluding carboxylic acids is 1. The highest BCUT2D eigenvalue weighted by molar-refractivity contribution is 6.05. The van der Waals surface area contributed by atoms with Crippen molar-refractivity contribution >= 4 is 23.1 Å². The largest absolute Gasteiger partial charge is 0.489 e. The molecule has 0 saturated heterocycles. The number of pyridine rings is 1. The standard InChI is InChI=1S/C30H25N5O2/c1-21-12-13-23(17-28(21)35-29-26(11-6-15-32-29)27-14-16-31-20-33-27)30(36)34-24-9-5-10-25(18-24)37-19-22-7-3-2-4-8-22/h2-18,20H,19H2,1H3,(H,32,35)(H,34,36). The van der Waals surface area contributed by atoms with Crippen LogP contribution in [0.1, 0.15) is 21.5 Å². The summed E-state index contributed by atoms with van der Waals surface area (Å²) in [5.74, 6) is 1.10. The highest BCUT2D eigenvalue weighted by Crippen LogP contribution is 2.29. The predicted molar refractivity (Wildman–Crippen MR) is 145 cm³/mol. The first-order chi connectivity index (χ1) is 18.2. The smallest absolute Gasteiger partial charge is 0.255 e. The van der Waals surface area contributed by atoms with Crippen LogP contribution in [0.25, 0.3) is 11.3 Å². The number of nitrogens with one attached hydrogen (secondary N) is 2. The number of anilines is 3. The van der Waals surface area contributed by atoms with Crippen LogP contribution in [0.3, 0.4) is 0 Å². The van der Waals surface area contributed by atoms with Gasteiger partial charge in [0.2, 0.25) is 0 Å². The van der Waals surface area contributed by atoms with Gasteiger partial charge in [-0.05, 0) is 60.5 Å². The Kier molecular flexibility index (Phi) is 7.13. The highest BCUT2D eigenvalue weighted by atomic mass is 16.5. The summed E-state index contributed by atoms with van der Waals surface area (Å²) in [5, 5.41) is 6.33. The molecule has 182 valence electrons. The van der Waals surface area contributed by atoms with Gasteiger partial charge in [-0.1, -0.05) is 42.5 Å². The van der Waals surface area contributed by atoms with Gasteiger partial charge < -0.3 is 15.4 Å². The second-order valence-corrected chi connectivity index (χ2v) is 8.41. The molecule has 2 heterocycles. The number of aromatic nitrogens is 3. The van der Waals surface area contributed by atoms with Crippen molar-refractivity contribution in [2.75, 3.05) is 10.6 Å². The van der Waals surface area contributed by atoms with Crippen LogP contribution in [-0.2, 0) is 6.61 Å². The number of hydrogen-bond donors (Lipinski definition) is 2.